The van der Waals surface area contributed by atoms with Gasteiger partial charge in [0.1, 0.15) is 0 Å². The summed E-state index contributed by atoms with van der Waals surface area (Å²) < 4.78 is 13.0. The molecule has 0 aromatic heterocycles. The molecule has 0 fully saturated rings. The molecule has 7 heteroatoms. The monoisotopic (exact) mass is 210 g/mol. The van der Waals surface area contributed by atoms with E-state index in [4.69, 9.17) is 28.3 Å². The summed E-state index contributed by atoms with van der Waals surface area (Å²) in [5.74, 6) is 0. The summed E-state index contributed by atoms with van der Waals surface area (Å²) in [6.07, 6.45) is 0. The summed E-state index contributed by atoms with van der Waals surface area (Å²) in [5.41, 5.74) is 0. The summed E-state index contributed by atoms with van der Waals surface area (Å²) >= 11 is 14.4. The van der Waals surface area contributed by atoms with E-state index >= 15 is 0 Å². The fraction of sp³-hybridized carbons (Fsp3) is 1.00. The van der Waals surface area contributed by atoms with E-state index in [0.29, 0.717) is 6.61 Å². The van der Waals surface area contributed by atoms with Crippen molar-refractivity contribution in [3.63, 3.8) is 0 Å². The molecule has 0 aromatic carbocycles. The van der Waals surface area contributed by atoms with Crippen molar-refractivity contribution in [3.05, 3.63) is 0 Å². The molecule has 0 aliphatic carbocycles. The molecule has 0 N–H and O–H groups in total. The lowest BCUT2D eigenvalue weighted by molar-refractivity contribution is 0.289. The van der Waals surface area contributed by atoms with Gasteiger partial charge in [-0.05, 0) is 18.7 Å². The normalized spacial score (nSPS) is 11.9. The van der Waals surface area contributed by atoms with Gasteiger partial charge in [-0.15, -0.1) is 0 Å². The highest BCUT2D eigenvalue weighted by Crippen LogP contribution is 2.51. The molecule has 0 radical (unpaired) electrons. The molecule has 0 aliphatic rings. The van der Waals surface area contributed by atoms with Crippen molar-refractivity contribution in [2.75, 3.05) is 6.61 Å². The van der Waals surface area contributed by atoms with Gasteiger partial charge in [0.15, 0.2) is 0 Å². The summed E-state index contributed by atoms with van der Waals surface area (Å²) in [5, 5.41) is 0. The first-order chi connectivity index (χ1) is 4.18. The highest BCUT2D eigenvalue weighted by molar-refractivity contribution is 8.08. The van der Waals surface area contributed by atoms with Crippen LogP contribution < -0.4 is 0 Å². The molecular formula is C2H5Cl2O3PS. The highest BCUT2D eigenvalue weighted by Gasteiger charge is 2.18. The highest BCUT2D eigenvalue weighted by atomic mass is 35.5. The molecule has 0 aromatic rings. The molecule has 0 atom stereocenters. The maximum Gasteiger partial charge on any atom is 0.360 e. The van der Waals surface area contributed by atoms with E-state index in [1.54, 1.807) is 6.92 Å². The molecular weight excluding hydrogens is 206 g/mol. The molecule has 3 nitrogen and oxygen atoms in total. The van der Waals surface area contributed by atoms with Crippen LogP contribution in [0.5, 0.6) is 0 Å². The second-order valence-corrected chi connectivity index (χ2v) is 4.60. The Morgan fingerprint density at radius 1 is 1.44 bits per heavy atom. The Bertz CT molecular complexity index is 112. The Morgan fingerprint density at radius 2 is 1.89 bits per heavy atom. The Labute approximate surface area is 68.8 Å². The van der Waals surface area contributed by atoms with Crippen molar-refractivity contribution in [1.29, 1.82) is 0 Å². The molecule has 0 heterocycles. The minimum absolute atomic E-state index is 0.358. The molecule has 0 spiro atoms. The summed E-state index contributed by atoms with van der Waals surface area (Å²) in [7, 11) is 0. The van der Waals surface area contributed by atoms with Gasteiger partial charge >= 0.3 is 6.72 Å². The van der Waals surface area contributed by atoms with Crippen LogP contribution in [0, 0.1) is 0 Å². The lowest BCUT2D eigenvalue weighted by Crippen LogP contribution is -1.87. The Morgan fingerprint density at radius 3 is 2.00 bits per heavy atom. The van der Waals surface area contributed by atoms with Crippen LogP contribution in [0.15, 0.2) is 0 Å². The Kier molecular flexibility index (Phi) is 5.45. The van der Waals surface area contributed by atoms with Crippen molar-refractivity contribution in [2.45, 2.75) is 6.92 Å². The zero-order valence-corrected chi connectivity index (χ0v) is 7.77. The first-order valence-corrected chi connectivity index (χ1v) is 5.21. The fourth-order valence-electron chi connectivity index (χ4n) is 0.209. The van der Waals surface area contributed by atoms with E-state index in [1.165, 1.54) is 0 Å². The molecule has 0 aliphatic heterocycles. The van der Waals surface area contributed by atoms with Crippen molar-refractivity contribution < 1.29 is 12.7 Å². The standard InChI is InChI=1S/C2H5Cl2O3PS/c1-2-5-8(9,6-3)7-4/h2H2,1H3. The Balaban J connectivity index is 3.78. The van der Waals surface area contributed by atoms with E-state index in [2.05, 4.69) is 20.0 Å². The molecule has 0 saturated heterocycles. The van der Waals surface area contributed by atoms with Crippen molar-refractivity contribution in [3.8, 4) is 0 Å². The van der Waals surface area contributed by atoms with Gasteiger partial charge in [0.05, 0.1) is 30.3 Å². The van der Waals surface area contributed by atoms with Gasteiger partial charge in [0.2, 0.25) is 0 Å². The van der Waals surface area contributed by atoms with E-state index in [-0.39, 0.29) is 0 Å². The molecule has 0 amide bonds. The molecule has 56 valence electrons. The van der Waals surface area contributed by atoms with Crippen LogP contribution in [-0.2, 0) is 24.5 Å². The largest absolute Gasteiger partial charge is 0.360 e. The predicted octanol–water partition coefficient (Wildman–Crippen LogP) is 2.59. The molecule has 0 saturated carbocycles. The third kappa shape index (κ3) is 3.73. The zero-order valence-electron chi connectivity index (χ0n) is 4.54. The third-order valence-corrected chi connectivity index (χ3v) is 3.71. The summed E-state index contributed by atoms with van der Waals surface area (Å²) in [4.78, 5) is 0. The smallest absolute Gasteiger partial charge is 0.307 e. The first kappa shape index (κ1) is 10.1. The predicted molar refractivity (Wildman–Crippen MR) is 39.8 cm³/mol. The van der Waals surface area contributed by atoms with Crippen LogP contribution in [0.1, 0.15) is 6.92 Å². The minimum Gasteiger partial charge on any atom is -0.307 e. The van der Waals surface area contributed by atoms with Crippen LogP contribution in [0.4, 0.5) is 0 Å². The van der Waals surface area contributed by atoms with Gasteiger partial charge in [-0.1, -0.05) is 0 Å². The van der Waals surface area contributed by atoms with Crippen LogP contribution in [-0.4, -0.2) is 6.61 Å². The van der Waals surface area contributed by atoms with Gasteiger partial charge < -0.3 is 4.52 Å². The SMILES string of the molecule is CCOP(=S)(OCl)OCl. The Hall–Kier alpha value is 1.11. The molecule has 9 heavy (non-hydrogen) atoms. The second kappa shape index (κ2) is 4.85. The van der Waals surface area contributed by atoms with Crippen LogP contribution in [0.3, 0.4) is 0 Å². The van der Waals surface area contributed by atoms with Crippen LogP contribution >= 0.6 is 30.5 Å². The molecule has 0 bridgehead atoms. The fourth-order valence-corrected chi connectivity index (χ4v) is 1.44. The first-order valence-electron chi connectivity index (χ1n) is 2.03. The topological polar surface area (TPSA) is 27.7 Å². The minimum atomic E-state index is -2.82. The van der Waals surface area contributed by atoms with Gasteiger partial charge in [0.25, 0.3) is 0 Å². The van der Waals surface area contributed by atoms with E-state index in [1.807, 2.05) is 0 Å². The number of hydrogen-bond acceptors (Lipinski definition) is 4. The molecule has 0 unspecified atom stereocenters. The average molecular weight is 211 g/mol. The van der Waals surface area contributed by atoms with Crippen LogP contribution in [0.25, 0.3) is 0 Å². The average Bonchev–Trinajstić information content (AvgIpc) is 1.89. The van der Waals surface area contributed by atoms with Gasteiger partial charge in [0, 0.05) is 0 Å². The summed E-state index contributed by atoms with van der Waals surface area (Å²) in [6, 6.07) is 0. The van der Waals surface area contributed by atoms with Crippen molar-refractivity contribution in [1.82, 2.24) is 0 Å². The van der Waals surface area contributed by atoms with Crippen molar-refractivity contribution in [2.24, 2.45) is 0 Å². The number of rotatable bonds is 4. The van der Waals surface area contributed by atoms with Crippen LogP contribution in [0.2, 0.25) is 0 Å². The lowest BCUT2D eigenvalue weighted by atomic mass is 10.9. The lowest BCUT2D eigenvalue weighted by Gasteiger charge is -2.10. The maximum absolute atomic E-state index is 4.90. The van der Waals surface area contributed by atoms with E-state index in [9.17, 15) is 0 Å². The maximum atomic E-state index is 4.90. The van der Waals surface area contributed by atoms with Gasteiger partial charge in [-0.25, -0.2) is 0 Å². The van der Waals surface area contributed by atoms with E-state index < -0.39 is 6.72 Å². The molecule has 0 rings (SSSR count). The quantitative estimate of drug-likeness (QED) is 0.668. The van der Waals surface area contributed by atoms with Gasteiger partial charge in [-0.2, -0.15) is 8.15 Å². The summed E-state index contributed by atoms with van der Waals surface area (Å²) in [6.45, 7) is -0.730. The number of hydrogen-bond donors (Lipinski definition) is 0. The zero-order chi connectivity index (χ0) is 7.33. The third-order valence-electron chi connectivity index (χ3n) is 0.456. The van der Waals surface area contributed by atoms with E-state index in [0.717, 1.165) is 0 Å². The van der Waals surface area contributed by atoms with Crippen molar-refractivity contribution >= 4 is 42.3 Å². The van der Waals surface area contributed by atoms with Gasteiger partial charge in [-0.3, -0.25) is 0 Å². The second-order valence-electron chi connectivity index (χ2n) is 1.00. The number of halogens is 2.